The average Bonchev–Trinajstić information content (AvgIpc) is 3.51. The number of nitrogens with zero attached hydrogens (tertiary/aromatic N) is 1. The number of benzene rings is 2. The molecule has 1 aromatic heterocycles. The normalized spacial score (nSPS) is 13.1. The van der Waals surface area contributed by atoms with Crippen molar-refractivity contribution in [1.29, 1.82) is 0 Å². The number of hydrogen-bond acceptors (Lipinski definition) is 7. The van der Waals surface area contributed by atoms with Crippen LogP contribution >= 0.6 is 23.4 Å². The number of aromatic amines is 1. The number of hydrogen-bond donors (Lipinski definition) is 2. The van der Waals surface area contributed by atoms with Crippen LogP contribution < -0.4 is 18.9 Å². The van der Waals surface area contributed by atoms with Crippen molar-refractivity contribution in [3.8, 4) is 23.0 Å². The fourth-order valence-corrected chi connectivity index (χ4v) is 5.07. The largest absolute Gasteiger partial charge is 0.493 e. The van der Waals surface area contributed by atoms with Crippen molar-refractivity contribution in [1.82, 2.24) is 9.97 Å². The summed E-state index contributed by atoms with van der Waals surface area (Å²) in [6.07, 6.45) is 2.73. The van der Waals surface area contributed by atoms with Gasteiger partial charge >= 0.3 is 5.97 Å². The molecule has 0 radical (unpaired) electrons. The molecule has 1 aliphatic heterocycles. The van der Waals surface area contributed by atoms with Crippen molar-refractivity contribution >= 4 is 29.3 Å². The second-order valence-corrected chi connectivity index (χ2v) is 9.24. The van der Waals surface area contributed by atoms with Crippen LogP contribution in [-0.4, -0.2) is 42.1 Å². The van der Waals surface area contributed by atoms with Crippen LogP contribution in [0.25, 0.3) is 0 Å². The summed E-state index contributed by atoms with van der Waals surface area (Å²) in [7, 11) is 3.22. The molecule has 0 saturated heterocycles. The highest BCUT2D eigenvalue weighted by atomic mass is 35.5. The van der Waals surface area contributed by atoms with Crippen molar-refractivity contribution in [3.63, 3.8) is 0 Å². The Morgan fingerprint density at radius 2 is 2.03 bits per heavy atom. The van der Waals surface area contributed by atoms with Gasteiger partial charge in [0.2, 0.25) is 6.79 Å². The van der Waals surface area contributed by atoms with Gasteiger partial charge in [0.25, 0.3) is 0 Å². The van der Waals surface area contributed by atoms with Crippen LogP contribution in [-0.2, 0) is 12.2 Å². The van der Waals surface area contributed by atoms with E-state index in [1.165, 1.54) is 6.20 Å². The smallest absolute Gasteiger partial charge is 0.353 e. The predicted octanol–water partition coefficient (Wildman–Crippen LogP) is 5.54. The Kier molecular flexibility index (Phi) is 7.43. The molecule has 0 fully saturated rings. The summed E-state index contributed by atoms with van der Waals surface area (Å²) >= 11 is 8.31. The first-order chi connectivity index (χ1) is 16.4. The van der Waals surface area contributed by atoms with Crippen molar-refractivity contribution in [2.75, 3.05) is 21.0 Å². The maximum absolute atomic E-state index is 11.1. The van der Waals surface area contributed by atoms with Gasteiger partial charge in [-0.1, -0.05) is 18.5 Å². The number of H-pyrrole nitrogens is 1. The van der Waals surface area contributed by atoms with Crippen molar-refractivity contribution in [3.05, 3.63) is 58.1 Å². The van der Waals surface area contributed by atoms with E-state index in [-0.39, 0.29) is 18.4 Å². The molecule has 0 amide bonds. The zero-order valence-corrected chi connectivity index (χ0v) is 20.6. The Balaban J connectivity index is 1.55. The maximum atomic E-state index is 11.1. The molecular weight excluding hydrogens is 480 g/mol. The van der Waals surface area contributed by atoms with Gasteiger partial charge in [-0.05, 0) is 36.6 Å². The molecule has 10 heteroatoms. The van der Waals surface area contributed by atoms with Gasteiger partial charge in [0.1, 0.15) is 11.5 Å². The van der Waals surface area contributed by atoms with Gasteiger partial charge in [-0.3, -0.25) is 0 Å². The van der Waals surface area contributed by atoms with Crippen LogP contribution in [0.5, 0.6) is 23.0 Å². The van der Waals surface area contributed by atoms with Crippen LogP contribution in [0.3, 0.4) is 0 Å². The molecule has 1 atom stereocenters. The maximum Gasteiger partial charge on any atom is 0.353 e. The minimum Gasteiger partial charge on any atom is -0.493 e. The average molecular weight is 505 g/mol. The van der Waals surface area contributed by atoms with Gasteiger partial charge in [-0.2, -0.15) is 0 Å². The summed E-state index contributed by atoms with van der Waals surface area (Å²) in [5.41, 5.74) is 2.04. The number of rotatable bonds is 10. The highest BCUT2D eigenvalue weighted by molar-refractivity contribution is 7.98. The quantitative estimate of drug-likeness (QED) is 0.347. The molecule has 4 rings (SSSR count). The van der Waals surface area contributed by atoms with E-state index >= 15 is 0 Å². The molecule has 2 heterocycles. The lowest BCUT2D eigenvalue weighted by atomic mass is 9.96. The SMILES string of the molecule is COc1ccc(SCc2c(CCC(C)c3ncc(C(=O)O)[nH]3)c(Cl)cc3c2OCO3)cc1OC. The number of fused-ring (bicyclic) bond motifs is 1. The van der Waals surface area contributed by atoms with Crippen LogP contribution in [0.2, 0.25) is 5.02 Å². The molecule has 2 N–H and O–H groups in total. The van der Waals surface area contributed by atoms with E-state index in [1.54, 1.807) is 32.0 Å². The Morgan fingerprint density at radius 1 is 1.24 bits per heavy atom. The van der Waals surface area contributed by atoms with E-state index in [0.29, 0.717) is 46.0 Å². The Labute approximate surface area is 206 Å². The number of aromatic carboxylic acids is 1. The summed E-state index contributed by atoms with van der Waals surface area (Å²) in [6, 6.07) is 7.58. The summed E-state index contributed by atoms with van der Waals surface area (Å²) in [5, 5.41) is 9.75. The van der Waals surface area contributed by atoms with E-state index in [1.807, 2.05) is 25.1 Å². The topological polar surface area (TPSA) is 103 Å². The third-order valence-corrected chi connectivity index (χ3v) is 7.04. The van der Waals surface area contributed by atoms with E-state index in [0.717, 1.165) is 22.4 Å². The number of carboxylic acid groups (broad SMARTS) is 1. The highest BCUT2D eigenvalue weighted by Crippen LogP contribution is 2.45. The van der Waals surface area contributed by atoms with Gasteiger partial charge in [0.05, 0.1) is 20.4 Å². The third kappa shape index (κ3) is 5.05. The molecule has 0 saturated carbocycles. The molecule has 8 nitrogen and oxygen atoms in total. The Hall–Kier alpha value is -3.04. The summed E-state index contributed by atoms with van der Waals surface area (Å²) in [6.45, 7) is 2.16. The van der Waals surface area contributed by atoms with E-state index in [4.69, 9.17) is 35.7 Å². The summed E-state index contributed by atoms with van der Waals surface area (Å²) in [5.74, 6) is 2.93. The standard InChI is InChI=1S/C24H25ClN2O6S/c1-13(23-26-10-18(27-23)24(28)29)4-6-15-16(22-21(9-17(15)25)32-12-33-22)11-34-14-5-7-19(30-2)20(8-14)31-3/h5,7-10,13H,4,6,11-12H2,1-3H3,(H,26,27)(H,28,29). The molecular formula is C24H25ClN2O6S. The molecule has 1 aliphatic rings. The Morgan fingerprint density at radius 3 is 2.74 bits per heavy atom. The minimum absolute atomic E-state index is 0.0148. The van der Waals surface area contributed by atoms with Gasteiger partial charge in [0, 0.05) is 33.2 Å². The van der Waals surface area contributed by atoms with E-state index < -0.39 is 5.97 Å². The van der Waals surface area contributed by atoms with Gasteiger partial charge in [0.15, 0.2) is 23.0 Å². The second-order valence-electron chi connectivity index (χ2n) is 7.78. The van der Waals surface area contributed by atoms with Gasteiger partial charge in [-0.15, -0.1) is 11.8 Å². The number of halogens is 1. The van der Waals surface area contributed by atoms with Crippen LogP contribution in [0.1, 0.15) is 46.7 Å². The van der Waals surface area contributed by atoms with Crippen molar-refractivity contribution in [2.24, 2.45) is 0 Å². The first-order valence-corrected chi connectivity index (χ1v) is 12.0. The molecule has 3 aromatic rings. The highest BCUT2D eigenvalue weighted by Gasteiger charge is 2.25. The minimum atomic E-state index is -1.03. The molecule has 34 heavy (non-hydrogen) atoms. The zero-order valence-electron chi connectivity index (χ0n) is 19.0. The number of methoxy groups -OCH3 is 2. The van der Waals surface area contributed by atoms with Crippen LogP contribution in [0.4, 0.5) is 0 Å². The fraction of sp³-hybridized carbons (Fsp3) is 0.333. The lowest BCUT2D eigenvalue weighted by Crippen LogP contribution is -2.03. The second kappa shape index (κ2) is 10.5. The Bertz CT molecular complexity index is 1200. The third-order valence-electron chi connectivity index (χ3n) is 5.68. The fourth-order valence-electron chi connectivity index (χ4n) is 3.79. The zero-order chi connectivity index (χ0) is 24.2. The monoisotopic (exact) mass is 504 g/mol. The number of aromatic nitrogens is 2. The molecule has 0 spiro atoms. The van der Waals surface area contributed by atoms with Crippen LogP contribution in [0.15, 0.2) is 35.4 Å². The molecule has 1 unspecified atom stereocenters. The number of carbonyl (C=O) groups is 1. The van der Waals surface area contributed by atoms with E-state index in [9.17, 15) is 4.79 Å². The number of imidazole rings is 1. The number of nitrogens with one attached hydrogen (secondary N) is 1. The van der Waals surface area contributed by atoms with Crippen LogP contribution in [0, 0.1) is 0 Å². The predicted molar refractivity (Wildman–Crippen MR) is 129 cm³/mol. The first-order valence-electron chi connectivity index (χ1n) is 10.6. The first kappa shape index (κ1) is 24.1. The lowest BCUT2D eigenvalue weighted by molar-refractivity contribution is 0.0691. The van der Waals surface area contributed by atoms with E-state index in [2.05, 4.69) is 9.97 Å². The van der Waals surface area contributed by atoms with Gasteiger partial charge in [-0.25, -0.2) is 9.78 Å². The van der Waals surface area contributed by atoms with Gasteiger partial charge < -0.3 is 29.0 Å². The van der Waals surface area contributed by atoms with Crippen molar-refractivity contribution < 1.29 is 28.8 Å². The molecule has 180 valence electrons. The molecule has 0 aliphatic carbocycles. The molecule has 2 aromatic carbocycles. The number of carboxylic acids is 1. The number of ether oxygens (including phenoxy) is 4. The van der Waals surface area contributed by atoms with Crippen molar-refractivity contribution in [2.45, 2.75) is 36.3 Å². The molecule has 0 bridgehead atoms. The summed E-state index contributed by atoms with van der Waals surface area (Å²) < 4.78 is 22.1. The lowest BCUT2D eigenvalue weighted by Gasteiger charge is -2.16. The number of thioether (sulfide) groups is 1. The summed E-state index contributed by atoms with van der Waals surface area (Å²) in [4.78, 5) is 19.3.